The molecule has 0 heterocycles. The van der Waals surface area contributed by atoms with E-state index in [1.165, 1.54) is 7.11 Å². The summed E-state index contributed by atoms with van der Waals surface area (Å²) in [4.78, 5) is 12.1. The molecule has 0 amide bonds. The minimum atomic E-state index is -1.77. The zero-order valence-electron chi connectivity index (χ0n) is 16.7. The second-order valence-electron chi connectivity index (χ2n) is 7.45. The number of carbonyl (C=O) groups is 1. The van der Waals surface area contributed by atoms with Gasteiger partial charge in [0.2, 0.25) is 0 Å². The summed E-state index contributed by atoms with van der Waals surface area (Å²) in [5.74, 6) is 3.05. The van der Waals surface area contributed by atoms with Crippen molar-refractivity contribution in [3.63, 3.8) is 0 Å². The molecule has 25 heavy (non-hydrogen) atoms. The van der Waals surface area contributed by atoms with Crippen LogP contribution in [0.4, 0.5) is 0 Å². The molecule has 0 unspecified atom stereocenters. The summed E-state index contributed by atoms with van der Waals surface area (Å²) >= 11 is 0. The fraction of sp³-hybridized carbons (Fsp3) is 0.500. The van der Waals surface area contributed by atoms with Crippen molar-refractivity contribution in [2.75, 3.05) is 7.11 Å². The summed E-state index contributed by atoms with van der Waals surface area (Å²) in [6, 6.07) is 9.83. The van der Waals surface area contributed by atoms with E-state index in [4.69, 9.17) is 4.74 Å². The van der Waals surface area contributed by atoms with Gasteiger partial charge in [0, 0.05) is 12.0 Å². The van der Waals surface area contributed by atoms with Crippen LogP contribution in [-0.4, -0.2) is 21.2 Å². The number of benzene rings is 1. The van der Waals surface area contributed by atoms with E-state index in [0.717, 1.165) is 5.56 Å². The van der Waals surface area contributed by atoms with Gasteiger partial charge < -0.3 is 4.74 Å². The SMILES string of the molecule is COC(=O)/C(=C/c1ccccc1)CC#C[Si](C(C)C)(C(C)C)C(C)C. The predicted molar refractivity (Wildman–Crippen MR) is 110 cm³/mol. The van der Waals surface area contributed by atoms with E-state index in [-0.39, 0.29) is 5.97 Å². The van der Waals surface area contributed by atoms with Gasteiger partial charge in [-0.05, 0) is 28.3 Å². The van der Waals surface area contributed by atoms with Crippen LogP contribution in [0.2, 0.25) is 16.6 Å². The summed E-state index contributed by atoms with van der Waals surface area (Å²) < 4.78 is 4.95. The molecule has 1 rings (SSSR count). The maximum Gasteiger partial charge on any atom is 0.334 e. The first-order valence-electron chi connectivity index (χ1n) is 9.09. The van der Waals surface area contributed by atoms with Crippen molar-refractivity contribution >= 4 is 20.1 Å². The van der Waals surface area contributed by atoms with E-state index >= 15 is 0 Å². The number of methoxy groups -OCH3 is 1. The van der Waals surface area contributed by atoms with Crippen LogP contribution in [-0.2, 0) is 9.53 Å². The Morgan fingerprint density at radius 2 is 1.56 bits per heavy atom. The summed E-state index contributed by atoms with van der Waals surface area (Å²) in [5.41, 5.74) is 7.02. The molecule has 3 heteroatoms. The molecule has 0 atom stereocenters. The Kier molecular flexibility index (Phi) is 8.18. The minimum absolute atomic E-state index is 0.302. The molecule has 0 aliphatic rings. The second-order valence-corrected chi connectivity index (χ2v) is 13.0. The number of hydrogen-bond acceptors (Lipinski definition) is 2. The Hall–Kier alpha value is -1.79. The van der Waals surface area contributed by atoms with Gasteiger partial charge in [0.15, 0.2) is 0 Å². The maximum absolute atomic E-state index is 12.1. The highest BCUT2D eigenvalue weighted by atomic mass is 28.3. The maximum atomic E-state index is 12.1. The Morgan fingerprint density at radius 1 is 1.04 bits per heavy atom. The molecule has 0 saturated heterocycles. The van der Waals surface area contributed by atoms with Crippen molar-refractivity contribution in [1.29, 1.82) is 0 Å². The van der Waals surface area contributed by atoms with E-state index in [0.29, 0.717) is 28.6 Å². The molecule has 0 aromatic heterocycles. The number of hydrogen-bond donors (Lipinski definition) is 0. The van der Waals surface area contributed by atoms with Gasteiger partial charge in [-0.3, -0.25) is 0 Å². The van der Waals surface area contributed by atoms with E-state index < -0.39 is 8.07 Å². The lowest BCUT2D eigenvalue weighted by molar-refractivity contribution is -0.136. The van der Waals surface area contributed by atoms with Crippen molar-refractivity contribution in [2.24, 2.45) is 0 Å². The lowest BCUT2D eigenvalue weighted by atomic mass is 10.1. The number of carbonyl (C=O) groups excluding carboxylic acids is 1. The Bertz CT molecular complexity index is 624. The van der Waals surface area contributed by atoms with Crippen LogP contribution in [0.3, 0.4) is 0 Å². The first-order chi connectivity index (χ1) is 11.8. The normalized spacial score (nSPS) is 12.3. The van der Waals surface area contributed by atoms with Crippen LogP contribution in [0.15, 0.2) is 35.9 Å². The Labute approximate surface area is 154 Å². The highest BCUT2D eigenvalue weighted by molar-refractivity contribution is 6.90. The monoisotopic (exact) mass is 356 g/mol. The van der Waals surface area contributed by atoms with Crippen LogP contribution < -0.4 is 0 Å². The predicted octanol–water partition coefficient (Wildman–Crippen LogP) is 5.85. The Balaban J connectivity index is 3.18. The highest BCUT2D eigenvalue weighted by Crippen LogP contribution is 2.40. The molecule has 1 aromatic rings. The van der Waals surface area contributed by atoms with Crippen LogP contribution in [0, 0.1) is 11.5 Å². The van der Waals surface area contributed by atoms with Crippen LogP contribution in [0.1, 0.15) is 53.5 Å². The standard InChI is InChI=1S/C22H32O2Si/c1-17(2)25(18(3)4,19(5)6)15-11-14-21(22(23)24-7)16-20-12-9-8-10-13-20/h8-10,12-13,16-19H,14H2,1-7H3/b21-16+. The molecule has 0 fully saturated rings. The zero-order valence-corrected chi connectivity index (χ0v) is 17.7. The van der Waals surface area contributed by atoms with Gasteiger partial charge in [0.1, 0.15) is 8.07 Å². The van der Waals surface area contributed by atoms with Gasteiger partial charge in [0.25, 0.3) is 0 Å². The lowest BCUT2D eigenvalue weighted by Gasteiger charge is -2.38. The van der Waals surface area contributed by atoms with E-state index in [9.17, 15) is 4.79 Å². The number of rotatable bonds is 6. The largest absolute Gasteiger partial charge is 0.466 e. The molecule has 1 aromatic carbocycles. The van der Waals surface area contributed by atoms with Crippen LogP contribution in [0.25, 0.3) is 6.08 Å². The van der Waals surface area contributed by atoms with Gasteiger partial charge in [-0.25, -0.2) is 4.79 Å². The van der Waals surface area contributed by atoms with Gasteiger partial charge in [-0.15, -0.1) is 11.5 Å². The van der Waals surface area contributed by atoms with Crippen LogP contribution >= 0.6 is 0 Å². The molecule has 0 spiro atoms. The third kappa shape index (κ3) is 5.34. The average Bonchev–Trinajstić information content (AvgIpc) is 2.56. The van der Waals surface area contributed by atoms with Crippen molar-refractivity contribution in [2.45, 2.75) is 64.6 Å². The topological polar surface area (TPSA) is 26.3 Å². The van der Waals surface area contributed by atoms with Gasteiger partial charge in [-0.1, -0.05) is 71.9 Å². The smallest absolute Gasteiger partial charge is 0.334 e. The van der Waals surface area contributed by atoms with Crippen molar-refractivity contribution in [3.05, 3.63) is 41.5 Å². The molecular weight excluding hydrogens is 324 g/mol. The van der Waals surface area contributed by atoms with E-state index in [1.54, 1.807) is 0 Å². The third-order valence-electron chi connectivity index (χ3n) is 5.04. The first kappa shape index (κ1) is 21.2. The summed E-state index contributed by atoms with van der Waals surface area (Å²) in [5, 5.41) is 0. The van der Waals surface area contributed by atoms with Crippen molar-refractivity contribution in [1.82, 2.24) is 0 Å². The first-order valence-corrected chi connectivity index (χ1v) is 11.3. The van der Waals surface area contributed by atoms with Crippen LogP contribution in [0.5, 0.6) is 0 Å². The van der Waals surface area contributed by atoms with Crippen molar-refractivity contribution < 1.29 is 9.53 Å². The van der Waals surface area contributed by atoms with Gasteiger partial charge in [-0.2, -0.15) is 0 Å². The molecule has 2 nitrogen and oxygen atoms in total. The number of esters is 1. The quantitative estimate of drug-likeness (QED) is 0.276. The highest BCUT2D eigenvalue weighted by Gasteiger charge is 2.41. The fourth-order valence-electron chi connectivity index (χ4n) is 3.79. The molecule has 0 aliphatic heterocycles. The Morgan fingerprint density at radius 3 is 2.00 bits per heavy atom. The van der Waals surface area contributed by atoms with Gasteiger partial charge >= 0.3 is 5.97 Å². The molecule has 0 aliphatic carbocycles. The van der Waals surface area contributed by atoms with E-state index in [1.807, 2.05) is 36.4 Å². The molecule has 0 saturated carbocycles. The van der Waals surface area contributed by atoms with Gasteiger partial charge in [0.05, 0.1) is 7.11 Å². The average molecular weight is 357 g/mol. The fourth-order valence-corrected chi connectivity index (χ4v) is 9.05. The summed E-state index contributed by atoms with van der Waals surface area (Å²) in [6.45, 7) is 13.8. The molecule has 136 valence electrons. The van der Waals surface area contributed by atoms with Crippen molar-refractivity contribution in [3.8, 4) is 11.5 Å². The minimum Gasteiger partial charge on any atom is -0.466 e. The number of ether oxygens (including phenoxy) is 1. The summed E-state index contributed by atoms with van der Waals surface area (Å²) in [7, 11) is -0.351. The summed E-state index contributed by atoms with van der Waals surface area (Å²) in [6.07, 6.45) is 2.31. The molecular formula is C22H32O2Si. The lowest BCUT2D eigenvalue weighted by Crippen LogP contribution is -2.43. The third-order valence-corrected chi connectivity index (χ3v) is 11.4. The zero-order chi connectivity index (χ0) is 19.0. The second kappa shape index (κ2) is 9.63. The molecule has 0 bridgehead atoms. The molecule has 0 radical (unpaired) electrons. The molecule has 0 N–H and O–H groups in total. The van der Waals surface area contributed by atoms with E-state index in [2.05, 4.69) is 53.0 Å².